The molecule has 1 amide bonds. The number of aromatic nitrogens is 1. The highest BCUT2D eigenvalue weighted by atomic mass is 79.9. The van der Waals surface area contributed by atoms with Crippen LogP contribution in [-0.4, -0.2) is 35.6 Å². The van der Waals surface area contributed by atoms with Crippen LogP contribution in [0.25, 0.3) is 0 Å². The van der Waals surface area contributed by atoms with E-state index in [9.17, 15) is 4.79 Å². The van der Waals surface area contributed by atoms with E-state index in [1.165, 1.54) is 11.3 Å². The van der Waals surface area contributed by atoms with Crippen LogP contribution in [-0.2, 0) is 22.6 Å². The van der Waals surface area contributed by atoms with Gasteiger partial charge in [-0.25, -0.2) is 0 Å². The molecule has 1 aromatic heterocycles. The van der Waals surface area contributed by atoms with Gasteiger partial charge >= 0.3 is 0 Å². The van der Waals surface area contributed by atoms with Crippen LogP contribution < -0.4 is 0 Å². The molecule has 2 aromatic rings. The van der Waals surface area contributed by atoms with E-state index < -0.39 is 0 Å². The van der Waals surface area contributed by atoms with E-state index in [0.717, 1.165) is 49.7 Å². The Morgan fingerprint density at radius 1 is 1.17 bits per heavy atom. The second-order valence-corrected chi connectivity index (χ2v) is 8.52. The normalized spacial score (nSPS) is 12.1. The molecule has 29 heavy (non-hydrogen) atoms. The molecular formula is C24H35BrN2O2. The molecule has 0 fully saturated rings. The van der Waals surface area contributed by atoms with E-state index in [4.69, 9.17) is 4.74 Å². The standard InChI is InChI=1S/C24H35BrN2O2/c1-4-6-9-21(5-2)24(28)27(16-8-17-29-3)19-23-10-7-15-26(23)18-20-11-13-22(25)14-12-20/h7,10-15,21H,4-6,8-9,16-19H2,1-3H3. The van der Waals surface area contributed by atoms with E-state index in [2.05, 4.69) is 76.9 Å². The van der Waals surface area contributed by atoms with E-state index >= 15 is 0 Å². The fourth-order valence-electron chi connectivity index (χ4n) is 3.61. The van der Waals surface area contributed by atoms with Crippen LogP contribution in [0.1, 0.15) is 57.2 Å². The highest BCUT2D eigenvalue weighted by Crippen LogP contribution is 2.19. The summed E-state index contributed by atoms with van der Waals surface area (Å²) in [5, 5.41) is 0. The number of amides is 1. The summed E-state index contributed by atoms with van der Waals surface area (Å²) in [7, 11) is 1.71. The summed E-state index contributed by atoms with van der Waals surface area (Å²) in [4.78, 5) is 15.3. The highest BCUT2D eigenvalue weighted by Gasteiger charge is 2.23. The number of benzene rings is 1. The Balaban J connectivity index is 2.12. The molecule has 1 unspecified atom stereocenters. The lowest BCUT2D eigenvalue weighted by atomic mass is 9.97. The average molecular weight is 463 g/mol. The molecule has 0 saturated carbocycles. The van der Waals surface area contributed by atoms with Crippen molar-refractivity contribution in [3.8, 4) is 0 Å². The number of unbranched alkanes of at least 4 members (excludes halogenated alkanes) is 1. The van der Waals surface area contributed by atoms with Gasteiger partial charge in [-0.15, -0.1) is 0 Å². The summed E-state index contributed by atoms with van der Waals surface area (Å²) < 4.78 is 8.55. The highest BCUT2D eigenvalue weighted by molar-refractivity contribution is 9.10. The van der Waals surface area contributed by atoms with Gasteiger partial charge in [0, 0.05) is 49.1 Å². The Labute approximate surface area is 184 Å². The maximum Gasteiger partial charge on any atom is 0.226 e. The van der Waals surface area contributed by atoms with Gasteiger partial charge in [-0.05, 0) is 49.1 Å². The molecule has 0 aliphatic rings. The predicted octanol–water partition coefficient (Wildman–Crippen LogP) is 5.88. The van der Waals surface area contributed by atoms with Crippen molar-refractivity contribution in [3.63, 3.8) is 0 Å². The molecule has 0 aliphatic carbocycles. The minimum absolute atomic E-state index is 0.118. The Morgan fingerprint density at radius 3 is 2.59 bits per heavy atom. The summed E-state index contributed by atoms with van der Waals surface area (Å²) >= 11 is 3.49. The third kappa shape index (κ3) is 7.63. The van der Waals surface area contributed by atoms with Crippen molar-refractivity contribution in [3.05, 3.63) is 58.3 Å². The molecule has 0 spiro atoms. The molecule has 5 heteroatoms. The number of carbonyl (C=O) groups excluding carboxylic acids is 1. The Hall–Kier alpha value is -1.59. The van der Waals surface area contributed by atoms with Crippen molar-refractivity contribution in [1.29, 1.82) is 0 Å². The van der Waals surface area contributed by atoms with Crippen LogP contribution in [0.15, 0.2) is 47.1 Å². The number of hydrogen-bond acceptors (Lipinski definition) is 2. The fourth-order valence-corrected chi connectivity index (χ4v) is 3.87. The molecule has 2 rings (SSSR count). The van der Waals surface area contributed by atoms with Crippen molar-refractivity contribution in [2.45, 2.75) is 59.0 Å². The van der Waals surface area contributed by atoms with E-state index in [1.807, 2.05) is 4.90 Å². The maximum atomic E-state index is 13.3. The van der Waals surface area contributed by atoms with Crippen LogP contribution in [0.2, 0.25) is 0 Å². The summed E-state index contributed by atoms with van der Waals surface area (Å²) in [5.74, 6) is 0.404. The minimum Gasteiger partial charge on any atom is -0.385 e. The van der Waals surface area contributed by atoms with Gasteiger partial charge in [-0.1, -0.05) is 54.8 Å². The van der Waals surface area contributed by atoms with Crippen LogP contribution in [0, 0.1) is 5.92 Å². The molecule has 0 radical (unpaired) electrons. The van der Waals surface area contributed by atoms with Gasteiger partial charge in [0.2, 0.25) is 5.91 Å². The van der Waals surface area contributed by atoms with Gasteiger partial charge in [0.05, 0.1) is 6.54 Å². The van der Waals surface area contributed by atoms with Crippen molar-refractivity contribution < 1.29 is 9.53 Å². The number of nitrogens with zero attached hydrogens (tertiary/aromatic N) is 2. The largest absolute Gasteiger partial charge is 0.385 e. The first-order valence-corrected chi connectivity index (χ1v) is 11.5. The summed E-state index contributed by atoms with van der Waals surface area (Å²) in [6.07, 6.45) is 7.08. The van der Waals surface area contributed by atoms with Gasteiger partial charge < -0.3 is 14.2 Å². The quantitative estimate of drug-likeness (QED) is 0.348. The lowest BCUT2D eigenvalue weighted by Crippen LogP contribution is -2.37. The predicted molar refractivity (Wildman–Crippen MR) is 123 cm³/mol. The summed E-state index contributed by atoms with van der Waals surface area (Å²) in [6.45, 7) is 7.18. The SMILES string of the molecule is CCCCC(CC)C(=O)N(CCCOC)Cc1cccn1Cc1ccc(Br)cc1. The fraction of sp³-hybridized carbons (Fsp3) is 0.542. The first-order chi connectivity index (χ1) is 14.1. The zero-order valence-electron chi connectivity index (χ0n) is 18.1. The molecule has 1 heterocycles. The summed E-state index contributed by atoms with van der Waals surface area (Å²) in [6, 6.07) is 12.6. The molecule has 1 aromatic carbocycles. The van der Waals surface area contributed by atoms with Gasteiger partial charge in [-0.2, -0.15) is 0 Å². The second-order valence-electron chi connectivity index (χ2n) is 7.61. The van der Waals surface area contributed by atoms with Crippen molar-refractivity contribution in [2.75, 3.05) is 20.3 Å². The number of rotatable bonds is 13. The van der Waals surface area contributed by atoms with Crippen LogP contribution in [0.4, 0.5) is 0 Å². The molecule has 0 saturated heterocycles. The third-order valence-electron chi connectivity index (χ3n) is 5.38. The Morgan fingerprint density at radius 2 is 1.93 bits per heavy atom. The number of carbonyl (C=O) groups is 1. The van der Waals surface area contributed by atoms with Crippen LogP contribution in [0.5, 0.6) is 0 Å². The van der Waals surface area contributed by atoms with Crippen molar-refractivity contribution in [1.82, 2.24) is 9.47 Å². The van der Waals surface area contributed by atoms with Gasteiger partial charge in [-0.3, -0.25) is 4.79 Å². The number of methoxy groups -OCH3 is 1. The Bertz CT molecular complexity index is 727. The molecule has 0 bridgehead atoms. The average Bonchev–Trinajstić information content (AvgIpc) is 3.16. The smallest absolute Gasteiger partial charge is 0.226 e. The third-order valence-corrected chi connectivity index (χ3v) is 5.91. The Kier molecular flexibility index (Phi) is 10.5. The number of halogens is 1. The second kappa shape index (κ2) is 12.9. The first kappa shape index (κ1) is 23.7. The maximum absolute atomic E-state index is 13.3. The summed E-state index contributed by atoms with van der Waals surface area (Å²) in [5.41, 5.74) is 2.42. The number of ether oxygens (including phenoxy) is 1. The van der Waals surface area contributed by atoms with E-state index in [-0.39, 0.29) is 11.8 Å². The zero-order chi connectivity index (χ0) is 21.1. The van der Waals surface area contributed by atoms with Gasteiger partial charge in [0.15, 0.2) is 0 Å². The number of hydrogen-bond donors (Lipinski definition) is 0. The van der Waals surface area contributed by atoms with Crippen LogP contribution >= 0.6 is 15.9 Å². The van der Waals surface area contributed by atoms with E-state index in [0.29, 0.717) is 13.2 Å². The lowest BCUT2D eigenvalue weighted by molar-refractivity contribution is -0.136. The first-order valence-electron chi connectivity index (χ1n) is 10.7. The van der Waals surface area contributed by atoms with Gasteiger partial charge in [0.25, 0.3) is 0 Å². The molecule has 0 aliphatic heterocycles. The molecule has 4 nitrogen and oxygen atoms in total. The van der Waals surface area contributed by atoms with Crippen molar-refractivity contribution >= 4 is 21.8 Å². The molecular weight excluding hydrogens is 428 g/mol. The van der Waals surface area contributed by atoms with Crippen molar-refractivity contribution in [2.24, 2.45) is 5.92 Å². The molecule has 1 atom stereocenters. The lowest BCUT2D eigenvalue weighted by Gasteiger charge is -2.28. The zero-order valence-corrected chi connectivity index (χ0v) is 19.7. The van der Waals surface area contributed by atoms with E-state index in [1.54, 1.807) is 7.11 Å². The topological polar surface area (TPSA) is 34.5 Å². The monoisotopic (exact) mass is 462 g/mol. The van der Waals surface area contributed by atoms with Crippen LogP contribution in [0.3, 0.4) is 0 Å². The minimum atomic E-state index is 0.118. The van der Waals surface area contributed by atoms with Gasteiger partial charge in [0.1, 0.15) is 0 Å². The molecule has 0 N–H and O–H groups in total. The molecule has 160 valence electrons.